The van der Waals surface area contributed by atoms with Crippen molar-refractivity contribution in [2.75, 3.05) is 0 Å². The van der Waals surface area contributed by atoms with Crippen LogP contribution in [0.4, 0.5) is 0 Å². The topological polar surface area (TPSA) is 0 Å². The maximum Gasteiger partial charge on any atom is -0.00206 e. The van der Waals surface area contributed by atoms with Crippen LogP contribution in [0.2, 0.25) is 0 Å². The number of rotatable bonds is 3. The van der Waals surface area contributed by atoms with E-state index in [1.807, 2.05) is 0 Å². The molecule has 0 spiro atoms. The van der Waals surface area contributed by atoms with Crippen LogP contribution in [0.25, 0.3) is 54.9 Å². The Morgan fingerprint density at radius 3 is 1.47 bits per heavy atom. The van der Waals surface area contributed by atoms with Crippen molar-refractivity contribution in [3.8, 4) is 33.4 Å². The molecule has 0 aromatic heterocycles. The fourth-order valence-corrected chi connectivity index (χ4v) is 4.73. The van der Waals surface area contributed by atoms with Crippen molar-refractivity contribution in [3.05, 3.63) is 133 Å². The molecule has 32 heavy (non-hydrogen) atoms. The van der Waals surface area contributed by atoms with Gasteiger partial charge in [-0.2, -0.15) is 0 Å². The van der Waals surface area contributed by atoms with Gasteiger partial charge in [-0.3, -0.25) is 0 Å². The van der Waals surface area contributed by atoms with Gasteiger partial charge in [0, 0.05) is 0 Å². The van der Waals surface area contributed by atoms with Crippen molar-refractivity contribution in [2.24, 2.45) is 0 Å². The van der Waals surface area contributed by atoms with E-state index in [1.54, 1.807) is 0 Å². The summed E-state index contributed by atoms with van der Waals surface area (Å²) >= 11 is 0. The zero-order valence-corrected chi connectivity index (χ0v) is 17.7. The second kappa shape index (κ2) is 7.83. The van der Waals surface area contributed by atoms with Gasteiger partial charge in [0.05, 0.1) is 0 Å². The predicted octanol–water partition coefficient (Wildman–Crippen LogP) is 8.99. The summed E-state index contributed by atoms with van der Waals surface area (Å²) in [5.41, 5.74) is 7.53. The highest BCUT2D eigenvalue weighted by atomic mass is 14.2. The van der Waals surface area contributed by atoms with Crippen LogP contribution in [0.5, 0.6) is 0 Å². The highest BCUT2D eigenvalue weighted by Crippen LogP contribution is 2.42. The van der Waals surface area contributed by atoms with E-state index >= 15 is 0 Å². The highest BCUT2D eigenvalue weighted by molar-refractivity contribution is 6.14. The van der Waals surface area contributed by atoms with Gasteiger partial charge in [-0.05, 0) is 67.1 Å². The van der Waals surface area contributed by atoms with Crippen LogP contribution in [0, 0.1) is 0 Å². The van der Waals surface area contributed by atoms with Crippen molar-refractivity contribution < 1.29 is 0 Å². The van der Waals surface area contributed by atoms with E-state index in [0.717, 1.165) is 0 Å². The molecule has 0 aliphatic carbocycles. The van der Waals surface area contributed by atoms with Gasteiger partial charge < -0.3 is 0 Å². The van der Waals surface area contributed by atoms with E-state index < -0.39 is 0 Å². The lowest BCUT2D eigenvalue weighted by Gasteiger charge is -2.17. The van der Waals surface area contributed by atoms with E-state index in [-0.39, 0.29) is 0 Å². The smallest absolute Gasteiger partial charge is 0.00206 e. The largest absolute Gasteiger partial charge is 0.0622 e. The third-order valence-electron chi connectivity index (χ3n) is 6.25. The minimum Gasteiger partial charge on any atom is -0.0622 e. The second-order valence-corrected chi connectivity index (χ2v) is 8.19. The van der Waals surface area contributed by atoms with Gasteiger partial charge in [0.15, 0.2) is 0 Å². The van der Waals surface area contributed by atoms with Crippen LogP contribution in [0.15, 0.2) is 133 Å². The Kier molecular flexibility index (Phi) is 4.55. The van der Waals surface area contributed by atoms with Crippen molar-refractivity contribution >= 4 is 21.5 Å². The Morgan fingerprint density at radius 2 is 0.844 bits per heavy atom. The Labute approximate surface area is 188 Å². The second-order valence-electron chi connectivity index (χ2n) is 8.19. The molecule has 0 heterocycles. The van der Waals surface area contributed by atoms with Crippen molar-refractivity contribution in [2.45, 2.75) is 0 Å². The fourth-order valence-electron chi connectivity index (χ4n) is 4.73. The van der Waals surface area contributed by atoms with Crippen LogP contribution in [0.3, 0.4) is 0 Å². The maximum atomic E-state index is 2.34. The summed E-state index contributed by atoms with van der Waals surface area (Å²) in [5.74, 6) is 0. The summed E-state index contributed by atoms with van der Waals surface area (Å²) in [4.78, 5) is 0. The fraction of sp³-hybridized carbons (Fsp3) is 0. The molecule has 0 fully saturated rings. The number of benzene rings is 6. The molecule has 0 amide bonds. The molecule has 0 N–H and O–H groups in total. The summed E-state index contributed by atoms with van der Waals surface area (Å²) in [7, 11) is 0. The highest BCUT2D eigenvalue weighted by Gasteiger charge is 2.15. The average Bonchev–Trinajstić information content (AvgIpc) is 2.88. The first kappa shape index (κ1) is 18.6. The first-order chi connectivity index (χ1) is 15.9. The van der Waals surface area contributed by atoms with Crippen LogP contribution in [-0.2, 0) is 0 Å². The average molecular weight is 407 g/mol. The molecule has 0 atom stereocenters. The van der Waals surface area contributed by atoms with E-state index in [2.05, 4.69) is 133 Å². The zero-order valence-electron chi connectivity index (χ0n) is 17.7. The summed E-state index contributed by atoms with van der Waals surface area (Å²) in [6.07, 6.45) is 0. The molecule has 0 heteroatoms. The molecule has 6 rings (SSSR count). The van der Waals surface area contributed by atoms with Crippen LogP contribution < -0.4 is 0 Å². The lowest BCUT2D eigenvalue weighted by molar-refractivity contribution is 1.58. The molecule has 0 aliphatic rings. The monoisotopic (exact) mass is 406 g/mol. The Bertz CT molecular complexity index is 1490. The zero-order chi connectivity index (χ0) is 21.3. The molecular formula is C32H22. The summed E-state index contributed by atoms with van der Waals surface area (Å²) in [6, 6.07) is 48.0. The lowest BCUT2D eigenvalue weighted by Crippen LogP contribution is -1.91. The van der Waals surface area contributed by atoms with Crippen molar-refractivity contribution in [1.82, 2.24) is 0 Å². The van der Waals surface area contributed by atoms with Gasteiger partial charge >= 0.3 is 0 Å². The van der Waals surface area contributed by atoms with E-state index in [0.29, 0.717) is 0 Å². The van der Waals surface area contributed by atoms with Gasteiger partial charge in [0.2, 0.25) is 0 Å². The molecule has 0 bridgehead atoms. The summed E-state index contributed by atoms with van der Waals surface area (Å²) in [6.45, 7) is 0. The van der Waals surface area contributed by atoms with Crippen LogP contribution >= 0.6 is 0 Å². The van der Waals surface area contributed by atoms with Crippen LogP contribution in [0.1, 0.15) is 0 Å². The van der Waals surface area contributed by atoms with Gasteiger partial charge in [-0.1, -0.05) is 121 Å². The molecule has 6 aromatic rings. The lowest BCUT2D eigenvalue weighted by atomic mass is 9.86. The van der Waals surface area contributed by atoms with Gasteiger partial charge in [0.1, 0.15) is 0 Å². The predicted molar refractivity (Wildman–Crippen MR) is 138 cm³/mol. The quantitative estimate of drug-likeness (QED) is 0.257. The molecule has 150 valence electrons. The minimum absolute atomic E-state index is 1.23. The normalized spacial score (nSPS) is 11.1. The van der Waals surface area contributed by atoms with Crippen molar-refractivity contribution in [3.63, 3.8) is 0 Å². The van der Waals surface area contributed by atoms with Crippen molar-refractivity contribution in [1.29, 1.82) is 0 Å². The SMILES string of the molecule is c1ccc(-c2ccc(-c3c4ccccc4cc4ccccc34)c(-c3ccccc3)c2)cc1. The van der Waals surface area contributed by atoms with Gasteiger partial charge in [-0.15, -0.1) is 0 Å². The minimum atomic E-state index is 1.23. The number of hydrogen-bond donors (Lipinski definition) is 0. The van der Waals surface area contributed by atoms with Crippen LogP contribution in [-0.4, -0.2) is 0 Å². The molecule has 0 aliphatic heterocycles. The summed E-state index contributed by atoms with van der Waals surface area (Å²) < 4.78 is 0. The number of fused-ring (bicyclic) bond motifs is 2. The molecule has 0 saturated carbocycles. The molecule has 6 aromatic carbocycles. The Morgan fingerprint density at radius 1 is 0.312 bits per heavy atom. The molecule has 0 radical (unpaired) electrons. The standard InChI is InChI=1S/C32H22/c1-3-11-23(12-4-1)25-19-20-30(31(22-25)24-13-5-2-6-14-24)32-28-17-9-7-15-26(28)21-27-16-8-10-18-29(27)32/h1-22H. The third kappa shape index (κ3) is 3.18. The first-order valence-electron chi connectivity index (χ1n) is 11.0. The van der Waals surface area contributed by atoms with E-state index in [9.17, 15) is 0 Å². The first-order valence-corrected chi connectivity index (χ1v) is 11.0. The maximum absolute atomic E-state index is 2.34. The molecular weight excluding hydrogens is 384 g/mol. The van der Waals surface area contributed by atoms with E-state index in [1.165, 1.54) is 54.9 Å². The Hall–Kier alpha value is -4.16. The number of hydrogen-bond acceptors (Lipinski definition) is 0. The molecule has 0 nitrogen and oxygen atoms in total. The molecule has 0 unspecified atom stereocenters. The third-order valence-corrected chi connectivity index (χ3v) is 6.25. The summed E-state index contributed by atoms with van der Waals surface area (Å²) in [5, 5.41) is 5.12. The Balaban J connectivity index is 1.72. The van der Waals surface area contributed by atoms with Gasteiger partial charge in [-0.25, -0.2) is 0 Å². The molecule has 0 saturated heterocycles. The van der Waals surface area contributed by atoms with Gasteiger partial charge in [0.25, 0.3) is 0 Å². The van der Waals surface area contributed by atoms with E-state index in [4.69, 9.17) is 0 Å².